The lowest BCUT2D eigenvalue weighted by molar-refractivity contribution is 0.507. The number of rotatable bonds is 5. The molecule has 33 heavy (non-hydrogen) atoms. The van der Waals surface area contributed by atoms with Crippen molar-refractivity contribution in [2.24, 2.45) is 0 Å². The highest BCUT2D eigenvalue weighted by molar-refractivity contribution is 5.82. The lowest BCUT2D eigenvalue weighted by Gasteiger charge is -2.22. The van der Waals surface area contributed by atoms with Crippen molar-refractivity contribution in [1.82, 2.24) is 29.5 Å². The molecular formula is C22H16F3N7O. The van der Waals surface area contributed by atoms with Gasteiger partial charge in [0.15, 0.2) is 23.1 Å². The number of benzene rings is 2. The van der Waals surface area contributed by atoms with Gasteiger partial charge in [-0.15, -0.1) is 0 Å². The molecule has 0 unspecified atom stereocenters. The monoisotopic (exact) mass is 451 g/mol. The first kappa shape index (κ1) is 20.6. The van der Waals surface area contributed by atoms with Crippen molar-refractivity contribution in [2.75, 3.05) is 5.32 Å². The zero-order valence-corrected chi connectivity index (χ0v) is 17.2. The fourth-order valence-electron chi connectivity index (χ4n) is 3.67. The molecule has 166 valence electrons. The Bertz CT molecular complexity index is 1560. The zero-order chi connectivity index (χ0) is 23.1. The molecule has 11 heteroatoms. The van der Waals surface area contributed by atoms with Gasteiger partial charge in [0.05, 0.1) is 29.0 Å². The highest BCUT2D eigenvalue weighted by atomic mass is 19.2. The maximum absolute atomic E-state index is 14.1. The van der Waals surface area contributed by atoms with Crippen LogP contribution < -0.4 is 10.9 Å². The Labute approximate surface area is 184 Å². The van der Waals surface area contributed by atoms with E-state index in [-0.39, 0.29) is 22.4 Å². The van der Waals surface area contributed by atoms with Gasteiger partial charge in [0.2, 0.25) is 0 Å². The largest absolute Gasteiger partial charge is 0.358 e. The molecule has 3 heterocycles. The number of hydrogen-bond donors (Lipinski definition) is 2. The van der Waals surface area contributed by atoms with Gasteiger partial charge in [-0.05, 0) is 36.8 Å². The summed E-state index contributed by atoms with van der Waals surface area (Å²) >= 11 is 0. The first-order chi connectivity index (χ1) is 16.0. The Kier molecular flexibility index (Phi) is 5.00. The van der Waals surface area contributed by atoms with Gasteiger partial charge in [0, 0.05) is 6.07 Å². The SMILES string of the molecule is CC[C@@H](Nc1ncnc2[nH]cnc12)c1nc2ccc(F)cc2c(=O)n1-c1ccc(F)c(F)c1. The predicted octanol–water partition coefficient (Wildman–Crippen LogP) is 4.03. The van der Waals surface area contributed by atoms with E-state index < -0.39 is 29.1 Å². The molecule has 0 radical (unpaired) electrons. The molecule has 5 rings (SSSR count). The summed E-state index contributed by atoms with van der Waals surface area (Å²) in [6.07, 6.45) is 3.28. The second-order valence-corrected chi connectivity index (χ2v) is 7.30. The summed E-state index contributed by atoms with van der Waals surface area (Å²) in [5, 5.41) is 3.23. The van der Waals surface area contributed by atoms with E-state index in [2.05, 4.69) is 30.2 Å². The maximum atomic E-state index is 14.1. The highest BCUT2D eigenvalue weighted by Gasteiger charge is 2.22. The van der Waals surface area contributed by atoms with Crippen LogP contribution in [0.3, 0.4) is 0 Å². The number of anilines is 1. The molecule has 0 aliphatic carbocycles. The smallest absolute Gasteiger partial charge is 0.266 e. The second-order valence-electron chi connectivity index (χ2n) is 7.30. The first-order valence-corrected chi connectivity index (χ1v) is 10.0. The van der Waals surface area contributed by atoms with Crippen LogP contribution in [0.2, 0.25) is 0 Å². The van der Waals surface area contributed by atoms with Crippen LogP contribution in [0.1, 0.15) is 25.2 Å². The van der Waals surface area contributed by atoms with Crippen molar-refractivity contribution in [3.8, 4) is 5.69 Å². The van der Waals surface area contributed by atoms with Gasteiger partial charge in [0.1, 0.15) is 23.5 Å². The van der Waals surface area contributed by atoms with Crippen LogP contribution in [-0.4, -0.2) is 29.5 Å². The average Bonchev–Trinajstić information content (AvgIpc) is 3.29. The topological polar surface area (TPSA) is 101 Å². The molecular weight excluding hydrogens is 435 g/mol. The number of nitrogens with one attached hydrogen (secondary N) is 2. The highest BCUT2D eigenvalue weighted by Crippen LogP contribution is 2.26. The minimum absolute atomic E-state index is 0.00932. The summed E-state index contributed by atoms with van der Waals surface area (Å²) in [7, 11) is 0. The van der Waals surface area contributed by atoms with Gasteiger partial charge in [-0.1, -0.05) is 6.92 Å². The van der Waals surface area contributed by atoms with E-state index >= 15 is 0 Å². The Morgan fingerprint density at radius 1 is 1.06 bits per heavy atom. The molecule has 0 saturated carbocycles. The molecule has 0 bridgehead atoms. The summed E-state index contributed by atoms with van der Waals surface area (Å²) in [5.41, 5.74) is 0.708. The van der Waals surface area contributed by atoms with E-state index in [1.54, 1.807) is 0 Å². The van der Waals surface area contributed by atoms with Gasteiger partial charge in [0.25, 0.3) is 5.56 Å². The third-order valence-electron chi connectivity index (χ3n) is 5.27. The number of nitrogens with zero attached hydrogens (tertiary/aromatic N) is 5. The normalized spacial score (nSPS) is 12.4. The zero-order valence-electron chi connectivity index (χ0n) is 17.2. The van der Waals surface area contributed by atoms with E-state index in [9.17, 15) is 18.0 Å². The second kappa shape index (κ2) is 8.01. The summed E-state index contributed by atoms with van der Waals surface area (Å²) < 4.78 is 42.7. The molecule has 5 aromatic rings. The van der Waals surface area contributed by atoms with E-state index in [1.165, 1.54) is 30.9 Å². The first-order valence-electron chi connectivity index (χ1n) is 10.0. The van der Waals surface area contributed by atoms with Crippen LogP contribution in [0, 0.1) is 17.5 Å². The van der Waals surface area contributed by atoms with Crippen molar-refractivity contribution in [3.63, 3.8) is 0 Å². The van der Waals surface area contributed by atoms with E-state index in [0.717, 1.165) is 22.8 Å². The molecule has 3 aromatic heterocycles. The third-order valence-corrected chi connectivity index (χ3v) is 5.27. The standard InChI is InChI=1S/C22H16F3N7O/c1-2-16(30-20-18-19(27-9-26-18)28-10-29-20)21-31-17-6-3-11(23)7-13(17)22(33)32(21)12-4-5-14(24)15(25)8-12/h3-10,16H,2H2,1H3,(H2,26,27,28,29,30)/t16-/m1/s1. The number of imidazole rings is 1. The number of H-pyrrole nitrogens is 1. The van der Waals surface area contributed by atoms with Gasteiger partial charge >= 0.3 is 0 Å². The molecule has 8 nitrogen and oxygen atoms in total. The van der Waals surface area contributed by atoms with Crippen molar-refractivity contribution < 1.29 is 13.2 Å². The summed E-state index contributed by atoms with van der Waals surface area (Å²) in [6, 6.07) is 6.16. The third kappa shape index (κ3) is 3.56. The molecule has 0 aliphatic heterocycles. The molecule has 2 aromatic carbocycles. The fourth-order valence-corrected chi connectivity index (χ4v) is 3.67. The van der Waals surface area contributed by atoms with Crippen molar-refractivity contribution in [1.29, 1.82) is 0 Å². The molecule has 0 aliphatic rings. The van der Waals surface area contributed by atoms with Gasteiger partial charge in [-0.3, -0.25) is 9.36 Å². The molecule has 0 amide bonds. The summed E-state index contributed by atoms with van der Waals surface area (Å²) in [6.45, 7) is 1.86. The summed E-state index contributed by atoms with van der Waals surface area (Å²) in [5.74, 6) is -2.17. The van der Waals surface area contributed by atoms with Gasteiger partial charge < -0.3 is 10.3 Å². The van der Waals surface area contributed by atoms with Crippen LogP contribution in [0.4, 0.5) is 19.0 Å². The van der Waals surface area contributed by atoms with Crippen LogP contribution in [-0.2, 0) is 0 Å². The maximum Gasteiger partial charge on any atom is 0.266 e. The molecule has 0 saturated heterocycles. The Balaban J connectivity index is 1.74. The average molecular weight is 451 g/mol. The number of aromatic nitrogens is 6. The van der Waals surface area contributed by atoms with Crippen molar-refractivity contribution in [2.45, 2.75) is 19.4 Å². The van der Waals surface area contributed by atoms with Crippen LogP contribution in [0.5, 0.6) is 0 Å². The lowest BCUT2D eigenvalue weighted by Crippen LogP contribution is -2.28. The quantitative estimate of drug-likeness (QED) is 0.418. The number of hydrogen-bond acceptors (Lipinski definition) is 6. The number of halogens is 3. The summed E-state index contributed by atoms with van der Waals surface area (Å²) in [4.78, 5) is 33.4. The predicted molar refractivity (Wildman–Crippen MR) is 116 cm³/mol. The minimum atomic E-state index is -1.13. The number of fused-ring (bicyclic) bond motifs is 2. The van der Waals surface area contributed by atoms with Crippen LogP contribution in [0.25, 0.3) is 27.8 Å². The number of aromatic amines is 1. The fraction of sp³-hybridized carbons (Fsp3) is 0.136. The Morgan fingerprint density at radius 3 is 2.70 bits per heavy atom. The molecule has 1 atom stereocenters. The Morgan fingerprint density at radius 2 is 1.91 bits per heavy atom. The van der Waals surface area contributed by atoms with Crippen molar-refractivity contribution in [3.05, 3.63) is 82.7 Å². The van der Waals surface area contributed by atoms with Crippen LogP contribution >= 0.6 is 0 Å². The van der Waals surface area contributed by atoms with E-state index in [0.29, 0.717) is 23.4 Å². The van der Waals surface area contributed by atoms with Gasteiger partial charge in [-0.25, -0.2) is 33.1 Å². The van der Waals surface area contributed by atoms with Crippen molar-refractivity contribution >= 4 is 27.9 Å². The lowest BCUT2D eigenvalue weighted by atomic mass is 10.1. The Hall–Kier alpha value is -4.28. The van der Waals surface area contributed by atoms with E-state index in [4.69, 9.17) is 0 Å². The molecule has 2 N–H and O–H groups in total. The molecule has 0 fully saturated rings. The minimum Gasteiger partial charge on any atom is -0.358 e. The molecule has 0 spiro atoms. The van der Waals surface area contributed by atoms with Crippen LogP contribution in [0.15, 0.2) is 53.8 Å². The van der Waals surface area contributed by atoms with Gasteiger partial charge in [-0.2, -0.15) is 0 Å². The van der Waals surface area contributed by atoms with E-state index in [1.807, 2.05) is 6.92 Å².